The van der Waals surface area contributed by atoms with Crippen LogP contribution in [0, 0.1) is 0 Å². The maximum atomic E-state index is 11.3. The van der Waals surface area contributed by atoms with Crippen molar-refractivity contribution >= 4 is 31.9 Å². The second kappa shape index (κ2) is 11.9. The number of rotatable bonds is 10. The monoisotopic (exact) mass is 592 g/mol. The van der Waals surface area contributed by atoms with Gasteiger partial charge in [-0.15, -0.1) is 0 Å². The molecular formula is C32H34Br2O. The van der Waals surface area contributed by atoms with Crippen LogP contribution in [-0.2, 0) is 5.41 Å². The molecule has 1 saturated carbocycles. The molecule has 1 atom stereocenters. The van der Waals surface area contributed by atoms with Crippen molar-refractivity contribution in [1.82, 2.24) is 0 Å². The molecule has 0 bridgehead atoms. The molecule has 0 heterocycles. The first-order valence-corrected chi connectivity index (χ1v) is 14.3. The summed E-state index contributed by atoms with van der Waals surface area (Å²) in [5.41, 5.74) is 7.33. The summed E-state index contributed by atoms with van der Waals surface area (Å²) in [5.74, 6) is 0. The van der Waals surface area contributed by atoms with Crippen molar-refractivity contribution in [3.05, 3.63) is 127 Å². The van der Waals surface area contributed by atoms with Gasteiger partial charge in [-0.2, -0.15) is 0 Å². The van der Waals surface area contributed by atoms with Crippen molar-refractivity contribution in [3.8, 4) is 0 Å². The van der Waals surface area contributed by atoms with Gasteiger partial charge in [0.1, 0.15) is 0 Å². The Morgan fingerprint density at radius 3 is 1.71 bits per heavy atom. The van der Waals surface area contributed by atoms with Gasteiger partial charge in [0.05, 0.1) is 11.5 Å². The molecule has 0 spiro atoms. The lowest BCUT2D eigenvalue weighted by Crippen LogP contribution is -2.11. The third-order valence-electron chi connectivity index (χ3n) is 7.02. The van der Waals surface area contributed by atoms with Crippen LogP contribution in [0.3, 0.4) is 0 Å². The number of hydrogen-bond acceptors (Lipinski definition) is 1. The normalized spacial score (nSPS) is 16.4. The first kappa shape index (κ1) is 26.1. The molecule has 1 unspecified atom stereocenters. The zero-order valence-corrected chi connectivity index (χ0v) is 23.8. The lowest BCUT2D eigenvalue weighted by atomic mass is 9.84. The Hall–Kier alpha value is -1.94. The minimum absolute atomic E-state index is 0.325. The van der Waals surface area contributed by atoms with E-state index in [9.17, 15) is 5.11 Å². The number of unbranched alkanes of at least 4 members (excludes halogenated alkanes) is 2. The fraction of sp³-hybridized carbons (Fsp3) is 0.312. The predicted octanol–water partition coefficient (Wildman–Crippen LogP) is 9.85. The van der Waals surface area contributed by atoms with Crippen molar-refractivity contribution in [3.63, 3.8) is 0 Å². The topological polar surface area (TPSA) is 20.2 Å². The van der Waals surface area contributed by atoms with E-state index in [4.69, 9.17) is 0 Å². The lowest BCUT2D eigenvalue weighted by Gasteiger charge is -2.18. The number of aliphatic hydroxyl groups excluding tert-OH is 1. The van der Waals surface area contributed by atoms with Crippen LogP contribution in [-0.4, -0.2) is 5.11 Å². The number of aliphatic hydroxyl groups is 1. The third kappa shape index (κ3) is 5.58. The Balaban J connectivity index is 1.96. The quantitative estimate of drug-likeness (QED) is 0.248. The van der Waals surface area contributed by atoms with E-state index in [0.717, 1.165) is 27.4 Å². The van der Waals surface area contributed by atoms with Crippen LogP contribution in [0.4, 0.5) is 0 Å². The molecule has 1 aliphatic carbocycles. The molecule has 4 rings (SSSR count). The zero-order valence-electron chi connectivity index (χ0n) is 20.6. The summed E-state index contributed by atoms with van der Waals surface area (Å²) in [6.45, 7) is 4.53. The maximum absolute atomic E-state index is 11.3. The van der Waals surface area contributed by atoms with Crippen LogP contribution in [0.1, 0.15) is 75.2 Å². The number of allylic oxidation sites excluding steroid dienone is 3. The highest BCUT2D eigenvalue weighted by atomic mass is 79.9. The van der Waals surface area contributed by atoms with Crippen LogP contribution in [0.5, 0.6) is 0 Å². The smallest absolute Gasteiger partial charge is 0.0978 e. The number of halogens is 2. The van der Waals surface area contributed by atoms with Crippen molar-refractivity contribution < 1.29 is 5.11 Å². The van der Waals surface area contributed by atoms with E-state index in [1.165, 1.54) is 48.0 Å². The summed E-state index contributed by atoms with van der Waals surface area (Å²) in [5, 5.41) is 11.3. The summed E-state index contributed by atoms with van der Waals surface area (Å²) >= 11 is 7.25. The van der Waals surface area contributed by atoms with Crippen LogP contribution < -0.4 is 0 Å². The molecule has 0 amide bonds. The number of benzene rings is 3. The fourth-order valence-corrected chi connectivity index (χ4v) is 5.72. The minimum Gasteiger partial charge on any atom is -0.384 e. The van der Waals surface area contributed by atoms with Crippen molar-refractivity contribution in [2.24, 2.45) is 0 Å². The molecular weight excluding hydrogens is 560 g/mol. The van der Waals surface area contributed by atoms with Crippen molar-refractivity contribution in [2.75, 3.05) is 0 Å². The van der Waals surface area contributed by atoms with Gasteiger partial charge in [-0.3, -0.25) is 0 Å². The Morgan fingerprint density at radius 2 is 1.26 bits per heavy atom. The minimum atomic E-state index is -0.646. The van der Waals surface area contributed by atoms with Gasteiger partial charge in [-0.1, -0.05) is 119 Å². The Morgan fingerprint density at radius 1 is 0.771 bits per heavy atom. The van der Waals surface area contributed by atoms with E-state index >= 15 is 0 Å². The molecule has 1 N–H and O–H groups in total. The van der Waals surface area contributed by atoms with Gasteiger partial charge in [0.25, 0.3) is 0 Å². The standard InChI is InChI=1S/C32H34Br2O/c1-3-5-10-24(11-6-4-2)31-29(22-30(35)23-12-8-7-9-13-23)32(31,25-14-18-27(33)19-15-25)26-16-20-28(34)21-17-26/h7-9,12-22,30,35H,3-6,10-11H2,1-2H3/b29-22-. The fourth-order valence-electron chi connectivity index (χ4n) is 5.19. The zero-order chi connectivity index (χ0) is 24.8. The molecule has 182 valence electrons. The van der Waals surface area contributed by atoms with Crippen LogP contribution in [0.25, 0.3) is 0 Å². The van der Waals surface area contributed by atoms with Gasteiger partial charge in [-0.05, 0) is 83.9 Å². The Bertz CT molecular complexity index is 1120. The van der Waals surface area contributed by atoms with Gasteiger partial charge in [0.15, 0.2) is 0 Å². The first-order chi connectivity index (χ1) is 17.0. The van der Waals surface area contributed by atoms with Crippen LogP contribution in [0.2, 0.25) is 0 Å². The number of hydrogen-bond donors (Lipinski definition) is 1. The second-order valence-corrected chi connectivity index (χ2v) is 11.2. The molecule has 3 heteroatoms. The van der Waals surface area contributed by atoms with E-state index in [0.29, 0.717) is 0 Å². The summed E-state index contributed by atoms with van der Waals surface area (Å²) in [4.78, 5) is 0. The third-order valence-corrected chi connectivity index (χ3v) is 8.08. The lowest BCUT2D eigenvalue weighted by molar-refractivity contribution is 0.228. The van der Waals surface area contributed by atoms with E-state index in [2.05, 4.69) is 100 Å². The summed E-state index contributed by atoms with van der Waals surface area (Å²) in [6.07, 6.45) is 8.41. The van der Waals surface area contributed by atoms with E-state index in [1.807, 2.05) is 30.3 Å². The van der Waals surface area contributed by atoms with Gasteiger partial charge >= 0.3 is 0 Å². The molecule has 1 fully saturated rings. The Labute approximate surface area is 227 Å². The molecule has 1 aliphatic rings. The predicted molar refractivity (Wildman–Crippen MR) is 155 cm³/mol. The molecule has 0 aliphatic heterocycles. The van der Waals surface area contributed by atoms with Crippen LogP contribution >= 0.6 is 31.9 Å². The molecule has 0 saturated heterocycles. The molecule has 0 radical (unpaired) electrons. The molecule has 1 nitrogen and oxygen atoms in total. The van der Waals surface area contributed by atoms with Crippen molar-refractivity contribution in [1.29, 1.82) is 0 Å². The first-order valence-electron chi connectivity index (χ1n) is 12.7. The highest BCUT2D eigenvalue weighted by Gasteiger charge is 2.58. The van der Waals surface area contributed by atoms with E-state index in [-0.39, 0.29) is 5.41 Å². The molecule has 0 aromatic heterocycles. The summed E-state index contributed by atoms with van der Waals surface area (Å²) in [7, 11) is 0. The van der Waals surface area contributed by atoms with Crippen LogP contribution in [0.15, 0.2) is 111 Å². The van der Waals surface area contributed by atoms with Gasteiger partial charge in [0, 0.05) is 8.95 Å². The Kier molecular flexibility index (Phi) is 8.86. The van der Waals surface area contributed by atoms with Crippen molar-refractivity contribution in [2.45, 2.75) is 63.9 Å². The second-order valence-electron chi connectivity index (χ2n) is 9.39. The largest absolute Gasteiger partial charge is 0.384 e. The molecule has 35 heavy (non-hydrogen) atoms. The van der Waals surface area contributed by atoms with Gasteiger partial charge in [-0.25, -0.2) is 0 Å². The average molecular weight is 594 g/mol. The van der Waals surface area contributed by atoms with E-state index in [1.54, 1.807) is 5.57 Å². The van der Waals surface area contributed by atoms with E-state index < -0.39 is 6.10 Å². The SMILES string of the molecule is CCCCC(CCCC)=C1/C(=C/C(O)c2ccccc2)C1(c1ccc(Br)cc1)c1ccc(Br)cc1. The van der Waals surface area contributed by atoms with Gasteiger partial charge < -0.3 is 5.11 Å². The maximum Gasteiger partial charge on any atom is 0.0978 e. The molecule has 3 aromatic carbocycles. The summed E-state index contributed by atoms with van der Waals surface area (Å²) < 4.78 is 2.15. The average Bonchev–Trinajstić information content (AvgIpc) is 3.53. The summed E-state index contributed by atoms with van der Waals surface area (Å²) in [6, 6.07) is 27.5. The highest BCUT2D eigenvalue weighted by Crippen LogP contribution is 2.66. The molecule has 3 aromatic rings. The highest BCUT2D eigenvalue weighted by molar-refractivity contribution is 9.10. The van der Waals surface area contributed by atoms with Gasteiger partial charge in [0.2, 0.25) is 0 Å².